The van der Waals surface area contributed by atoms with Gasteiger partial charge in [0.2, 0.25) is 10.0 Å². The van der Waals surface area contributed by atoms with Crippen molar-refractivity contribution in [1.82, 2.24) is 4.72 Å². The van der Waals surface area contributed by atoms with Gasteiger partial charge in [-0.3, -0.25) is 14.9 Å². The predicted octanol–water partition coefficient (Wildman–Crippen LogP) is 1.39. The van der Waals surface area contributed by atoms with E-state index in [1.807, 2.05) is 4.72 Å². The smallest absolute Gasteiger partial charge is 0.321 e. The molecule has 10 heteroatoms. The van der Waals surface area contributed by atoms with Crippen molar-refractivity contribution >= 4 is 33.3 Å². The summed E-state index contributed by atoms with van der Waals surface area (Å²) in [6.07, 6.45) is 0.0408. The highest BCUT2D eigenvalue weighted by molar-refractivity contribution is 7.89. The van der Waals surface area contributed by atoms with Gasteiger partial charge in [-0.05, 0) is 12.5 Å². The van der Waals surface area contributed by atoms with Gasteiger partial charge in [0.15, 0.2) is 0 Å². The van der Waals surface area contributed by atoms with Gasteiger partial charge < -0.3 is 5.11 Å². The van der Waals surface area contributed by atoms with Crippen LogP contribution in [0.15, 0.2) is 23.1 Å². The van der Waals surface area contributed by atoms with Crippen LogP contribution in [0, 0.1) is 10.1 Å². The number of aliphatic carboxylic acids is 1. The number of nitrogens with zero attached hydrogens (tertiary/aromatic N) is 1. The maximum Gasteiger partial charge on any atom is 0.321 e. The van der Waals surface area contributed by atoms with Gasteiger partial charge >= 0.3 is 5.97 Å². The molecule has 1 aromatic rings. The molecule has 0 aromatic heterocycles. The zero-order chi connectivity index (χ0) is 15.5. The average molecular weight is 323 g/mol. The molecule has 0 saturated carbocycles. The lowest BCUT2D eigenvalue weighted by Gasteiger charge is -2.13. The van der Waals surface area contributed by atoms with Crippen LogP contribution < -0.4 is 4.72 Å². The molecule has 0 aliphatic heterocycles. The number of nitro benzene ring substituents is 1. The topological polar surface area (TPSA) is 127 Å². The Morgan fingerprint density at radius 1 is 1.55 bits per heavy atom. The fourth-order valence-corrected chi connectivity index (χ4v) is 3.19. The largest absolute Gasteiger partial charge is 0.480 e. The Morgan fingerprint density at radius 2 is 2.15 bits per heavy atom. The van der Waals surface area contributed by atoms with Gasteiger partial charge in [0, 0.05) is 12.1 Å². The van der Waals surface area contributed by atoms with Crippen molar-refractivity contribution in [3.63, 3.8) is 0 Å². The summed E-state index contributed by atoms with van der Waals surface area (Å²) in [6.45, 7) is 1.50. The fourth-order valence-electron chi connectivity index (χ4n) is 1.38. The van der Waals surface area contributed by atoms with Crippen molar-refractivity contribution in [2.75, 3.05) is 0 Å². The molecule has 1 aromatic carbocycles. The molecular formula is C10H11ClN2O6S. The van der Waals surface area contributed by atoms with E-state index in [1.54, 1.807) is 0 Å². The Kier molecular flexibility index (Phi) is 5.03. The van der Waals surface area contributed by atoms with Crippen molar-refractivity contribution in [1.29, 1.82) is 0 Å². The van der Waals surface area contributed by atoms with Gasteiger partial charge in [0.1, 0.15) is 10.9 Å². The van der Waals surface area contributed by atoms with E-state index in [4.69, 9.17) is 16.7 Å². The quantitative estimate of drug-likeness (QED) is 0.602. The Hall–Kier alpha value is -1.71. The number of hydrogen-bond donors (Lipinski definition) is 2. The second kappa shape index (κ2) is 6.16. The number of halogens is 1. The van der Waals surface area contributed by atoms with Gasteiger partial charge in [-0.1, -0.05) is 18.5 Å². The van der Waals surface area contributed by atoms with Crippen LogP contribution in [0.25, 0.3) is 0 Å². The first kappa shape index (κ1) is 16.3. The molecule has 0 saturated heterocycles. The molecule has 110 valence electrons. The van der Waals surface area contributed by atoms with Crippen LogP contribution in [0.1, 0.15) is 13.3 Å². The molecule has 1 atom stereocenters. The van der Waals surface area contributed by atoms with Gasteiger partial charge in [-0.25, -0.2) is 8.42 Å². The van der Waals surface area contributed by atoms with E-state index < -0.39 is 31.9 Å². The van der Waals surface area contributed by atoms with Crippen molar-refractivity contribution in [3.8, 4) is 0 Å². The summed E-state index contributed by atoms with van der Waals surface area (Å²) in [5, 5.41) is 19.0. The summed E-state index contributed by atoms with van der Waals surface area (Å²) in [4.78, 5) is 20.2. The highest BCUT2D eigenvalue weighted by Crippen LogP contribution is 2.26. The Morgan fingerprint density at radius 3 is 2.55 bits per heavy atom. The van der Waals surface area contributed by atoms with Crippen LogP contribution in [0.3, 0.4) is 0 Å². The normalized spacial score (nSPS) is 12.9. The Balaban J connectivity index is 3.16. The molecule has 0 aliphatic rings. The molecular weight excluding hydrogens is 312 g/mol. The molecule has 8 nitrogen and oxygen atoms in total. The monoisotopic (exact) mass is 322 g/mol. The third-order valence-corrected chi connectivity index (χ3v) is 4.37. The number of rotatable bonds is 6. The van der Waals surface area contributed by atoms with Crippen molar-refractivity contribution in [3.05, 3.63) is 33.3 Å². The van der Waals surface area contributed by atoms with Crippen molar-refractivity contribution < 1.29 is 23.2 Å². The van der Waals surface area contributed by atoms with Crippen LogP contribution in [-0.4, -0.2) is 30.5 Å². The molecule has 1 rings (SSSR count). The van der Waals surface area contributed by atoms with Gasteiger partial charge in [-0.15, -0.1) is 0 Å². The Labute approximate surface area is 119 Å². The lowest BCUT2D eigenvalue weighted by Crippen LogP contribution is -2.40. The minimum Gasteiger partial charge on any atom is -0.480 e. The SMILES string of the molecule is CC[C@H](NS(=O)(=O)c1ccc([N+](=O)[O-])cc1Cl)C(=O)O. The zero-order valence-electron chi connectivity index (χ0n) is 10.2. The molecule has 0 spiro atoms. The van der Waals surface area contributed by atoms with Crippen LogP contribution in [0.2, 0.25) is 5.02 Å². The number of hydrogen-bond acceptors (Lipinski definition) is 5. The molecule has 0 amide bonds. The minimum absolute atomic E-state index is 0.0408. The maximum absolute atomic E-state index is 12.0. The number of nitro groups is 1. The standard InChI is InChI=1S/C10H11ClN2O6S/c1-2-8(10(14)15)12-20(18,19)9-4-3-6(13(16)17)5-7(9)11/h3-5,8,12H,2H2,1H3,(H,14,15)/t8-/m0/s1. The Bertz CT molecular complexity index is 645. The van der Waals surface area contributed by atoms with E-state index in [-0.39, 0.29) is 17.1 Å². The maximum atomic E-state index is 12.0. The van der Waals surface area contributed by atoms with E-state index in [9.17, 15) is 23.3 Å². The van der Waals surface area contributed by atoms with Gasteiger partial charge in [0.05, 0.1) is 9.95 Å². The van der Waals surface area contributed by atoms with Crippen LogP contribution >= 0.6 is 11.6 Å². The average Bonchev–Trinajstić information content (AvgIpc) is 2.35. The van der Waals surface area contributed by atoms with Crippen LogP contribution in [0.5, 0.6) is 0 Å². The van der Waals surface area contributed by atoms with Gasteiger partial charge in [0.25, 0.3) is 5.69 Å². The second-order valence-electron chi connectivity index (χ2n) is 3.79. The van der Waals surface area contributed by atoms with Gasteiger partial charge in [-0.2, -0.15) is 4.72 Å². The van der Waals surface area contributed by atoms with E-state index in [1.165, 1.54) is 6.92 Å². The highest BCUT2D eigenvalue weighted by atomic mass is 35.5. The number of non-ortho nitro benzene ring substituents is 1. The lowest BCUT2D eigenvalue weighted by atomic mass is 10.2. The number of sulfonamides is 1. The number of benzene rings is 1. The predicted molar refractivity (Wildman–Crippen MR) is 70.1 cm³/mol. The van der Waals surface area contributed by atoms with Crippen LogP contribution in [0.4, 0.5) is 5.69 Å². The molecule has 0 aliphatic carbocycles. The number of carboxylic acids is 1. The number of carboxylic acid groups (broad SMARTS) is 1. The first-order valence-electron chi connectivity index (χ1n) is 5.38. The number of carbonyl (C=O) groups is 1. The first-order chi connectivity index (χ1) is 9.19. The van der Waals surface area contributed by atoms with E-state index in [2.05, 4.69) is 0 Å². The fraction of sp³-hybridized carbons (Fsp3) is 0.300. The summed E-state index contributed by atoms with van der Waals surface area (Å²) in [5.41, 5.74) is -0.362. The first-order valence-corrected chi connectivity index (χ1v) is 7.24. The summed E-state index contributed by atoms with van der Waals surface area (Å²) < 4.78 is 25.9. The molecule has 2 N–H and O–H groups in total. The molecule has 20 heavy (non-hydrogen) atoms. The third-order valence-electron chi connectivity index (χ3n) is 2.42. The zero-order valence-corrected chi connectivity index (χ0v) is 11.8. The van der Waals surface area contributed by atoms with Crippen molar-refractivity contribution in [2.24, 2.45) is 0 Å². The number of nitrogens with one attached hydrogen (secondary N) is 1. The lowest BCUT2D eigenvalue weighted by molar-refractivity contribution is -0.384. The molecule has 0 heterocycles. The second-order valence-corrected chi connectivity index (χ2v) is 5.88. The van der Waals surface area contributed by atoms with E-state index in [0.29, 0.717) is 0 Å². The molecule has 0 bridgehead atoms. The van der Waals surface area contributed by atoms with E-state index in [0.717, 1.165) is 18.2 Å². The summed E-state index contributed by atoms with van der Waals surface area (Å²) >= 11 is 5.69. The third kappa shape index (κ3) is 3.65. The summed E-state index contributed by atoms with van der Waals surface area (Å²) in [6, 6.07) is 1.52. The summed E-state index contributed by atoms with van der Waals surface area (Å²) in [5.74, 6) is -1.32. The molecule has 0 unspecified atom stereocenters. The van der Waals surface area contributed by atoms with Crippen molar-refractivity contribution in [2.45, 2.75) is 24.3 Å². The van der Waals surface area contributed by atoms with Crippen LogP contribution in [-0.2, 0) is 14.8 Å². The molecule has 0 fully saturated rings. The van der Waals surface area contributed by atoms with E-state index >= 15 is 0 Å². The summed E-state index contributed by atoms with van der Waals surface area (Å²) in [7, 11) is -4.18. The highest BCUT2D eigenvalue weighted by Gasteiger charge is 2.26. The minimum atomic E-state index is -4.18. The molecule has 0 radical (unpaired) electrons.